The molecule has 1 saturated heterocycles. The maximum Gasteiger partial charge on any atom is 0.326 e. The number of hydrogen-bond donors (Lipinski definition) is 2. The van der Waals surface area contributed by atoms with Crippen molar-refractivity contribution in [2.75, 3.05) is 36.9 Å². The predicted octanol–water partition coefficient (Wildman–Crippen LogP) is 5.42. The lowest BCUT2D eigenvalue weighted by Gasteiger charge is -2.33. The van der Waals surface area contributed by atoms with Crippen LogP contribution in [0.4, 0.5) is 20.6 Å². The smallest absolute Gasteiger partial charge is 0.326 e. The first kappa shape index (κ1) is 23.5. The molecule has 0 bridgehead atoms. The highest BCUT2D eigenvalue weighted by molar-refractivity contribution is 6.02. The van der Waals surface area contributed by atoms with Gasteiger partial charge in [0.15, 0.2) is 0 Å². The SMILES string of the molecule is CN1CCC(CN(C(=O)Nc2ccc(-c3ncnc4[nH]cc(C5CC5)c34)c(F)c2)c2cccnc2)CC1. The molecule has 0 unspecified atom stereocenters. The third-order valence-corrected chi connectivity index (χ3v) is 7.47. The van der Waals surface area contributed by atoms with Crippen LogP contribution in [0.15, 0.2) is 55.2 Å². The van der Waals surface area contributed by atoms with E-state index in [1.807, 2.05) is 18.3 Å². The number of urea groups is 1. The molecule has 2 aliphatic rings. The highest BCUT2D eigenvalue weighted by Gasteiger charge is 2.29. The van der Waals surface area contributed by atoms with E-state index in [0.717, 1.165) is 55.4 Å². The zero-order valence-electron chi connectivity index (χ0n) is 20.8. The van der Waals surface area contributed by atoms with E-state index < -0.39 is 5.82 Å². The van der Waals surface area contributed by atoms with E-state index in [4.69, 9.17) is 0 Å². The zero-order chi connectivity index (χ0) is 25.4. The number of aromatic nitrogens is 4. The van der Waals surface area contributed by atoms with Crippen LogP contribution < -0.4 is 10.2 Å². The Morgan fingerprint density at radius 1 is 1.19 bits per heavy atom. The first-order chi connectivity index (χ1) is 18.1. The van der Waals surface area contributed by atoms with Crippen LogP contribution in [0.5, 0.6) is 0 Å². The summed E-state index contributed by atoms with van der Waals surface area (Å²) in [5.41, 5.74) is 3.93. The number of H-pyrrole nitrogens is 1. The summed E-state index contributed by atoms with van der Waals surface area (Å²) in [6, 6.07) is 8.16. The summed E-state index contributed by atoms with van der Waals surface area (Å²) >= 11 is 0. The average molecular weight is 500 g/mol. The van der Waals surface area contributed by atoms with Gasteiger partial charge in [-0.05, 0) is 93.6 Å². The standard InChI is InChI=1S/C28H30FN7O/c1-35-11-8-18(9-12-35)16-36(21-3-2-10-30-14-21)28(37)34-20-6-7-22(24(29)13-20)26-25-23(19-4-5-19)15-31-27(25)33-17-32-26/h2-3,6-7,10,13-15,17-19H,4-5,8-9,11-12,16H2,1H3,(H,34,37)(H,31,32,33). The summed E-state index contributed by atoms with van der Waals surface area (Å²) in [4.78, 5) is 33.6. The number of piperidine rings is 1. The van der Waals surface area contributed by atoms with Crippen molar-refractivity contribution in [1.29, 1.82) is 0 Å². The molecule has 190 valence electrons. The van der Waals surface area contributed by atoms with Crippen molar-refractivity contribution >= 4 is 28.4 Å². The Hall–Kier alpha value is -3.85. The van der Waals surface area contributed by atoms with Crippen LogP contribution in [0.2, 0.25) is 0 Å². The van der Waals surface area contributed by atoms with Crippen molar-refractivity contribution in [3.8, 4) is 11.3 Å². The Morgan fingerprint density at radius 2 is 2.03 bits per heavy atom. The highest BCUT2D eigenvalue weighted by Crippen LogP contribution is 2.45. The van der Waals surface area contributed by atoms with E-state index in [1.165, 1.54) is 12.4 Å². The normalized spacial score (nSPS) is 16.7. The van der Waals surface area contributed by atoms with E-state index in [1.54, 1.807) is 29.4 Å². The average Bonchev–Trinajstić information content (AvgIpc) is 3.67. The number of carbonyl (C=O) groups excluding carboxylic acids is 1. The molecule has 1 saturated carbocycles. The van der Waals surface area contributed by atoms with Crippen LogP contribution in [0.25, 0.3) is 22.3 Å². The Morgan fingerprint density at radius 3 is 2.76 bits per heavy atom. The van der Waals surface area contributed by atoms with Gasteiger partial charge in [-0.3, -0.25) is 9.88 Å². The molecule has 8 nitrogen and oxygen atoms in total. The van der Waals surface area contributed by atoms with Gasteiger partial charge in [-0.1, -0.05) is 0 Å². The van der Waals surface area contributed by atoms with Crippen molar-refractivity contribution in [2.45, 2.75) is 31.6 Å². The second-order valence-corrected chi connectivity index (χ2v) is 10.2. The van der Waals surface area contributed by atoms with Gasteiger partial charge in [0.1, 0.15) is 17.8 Å². The minimum absolute atomic E-state index is 0.301. The molecule has 2 amide bonds. The Balaban J connectivity index is 1.25. The van der Waals surface area contributed by atoms with Gasteiger partial charge in [0.2, 0.25) is 0 Å². The van der Waals surface area contributed by atoms with Crippen LogP contribution in [-0.4, -0.2) is 57.5 Å². The second kappa shape index (κ2) is 9.89. The van der Waals surface area contributed by atoms with Gasteiger partial charge >= 0.3 is 6.03 Å². The van der Waals surface area contributed by atoms with E-state index in [2.05, 4.69) is 37.2 Å². The number of likely N-dealkylation sites (tertiary alicyclic amines) is 1. The first-order valence-corrected chi connectivity index (χ1v) is 12.9. The maximum absolute atomic E-state index is 15.5. The number of amides is 2. The summed E-state index contributed by atoms with van der Waals surface area (Å²) < 4.78 is 15.5. The van der Waals surface area contributed by atoms with Gasteiger partial charge in [-0.2, -0.15) is 0 Å². The van der Waals surface area contributed by atoms with Crippen molar-refractivity contribution < 1.29 is 9.18 Å². The highest BCUT2D eigenvalue weighted by atomic mass is 19.1. The second-order valence-electron chi connectivity index (χ2n) is 10.2. The van der Waals surface area contributed by atoms with Crippen LogP contribution in [-0.2, 0) is 0 Å². The van der Waals surface area contributed by atoms with Crippen molar-refractivity contribution in [1.82, 2.24) is 24.8 Å². The van der Waals surface area contributed by atoms with Crippen LogP contribution >= 0.6 is 0 Å². The van der Waals surface area contributed by atoms with E-state index >= 15 is 4.39 Å². The molecule has 0 spiro atoms. The lowest BCUT2D eigenvalue weighted by molar-refractivity contribution is 0.219. The molecular weight excluding hydrogens is 469 g/mol. The third kappa shape index (κ3) is 4.91. The number of nitrogens with one attached hydrogen (secondary N) is 2. The van der Waals surface area contributed by atoms with Crippen LogP contribution in [0.1, 0.15) is 37.2 Å². The molecule has 1 aliphatic heterocycles. The molecule has 1 aliphatic carbocycles. The summed E-state index contributed by atoms with van der Waals surface area (Å²) in [5.74, 6) is 0.426. The summed E-state index contributed by atoms with van der Waals surface area (Å²) in [7, 11) is 2.12. The molecule has 2 N–H and O–H groups in total. The largest absolute Gasteiger partial charge is 0.346 e. The summed E-state index contributed by atoms with van der Waals surface area (Å²) in [5, 5.41) is 3.78. The van der Waals surface area contributed by atoms with E-state index in [9.17, 15) is 4.79 Å². The molecule has 37 heavy (non-hydrogen) atoms. The number of anilines is 2. The molecule has 4 heterocycles. The van der Waals surface area contributed by atoms with Crippen LogP contribution in [0.3, 0.4) is 0 Å². The van der Waals surface area contributed by atoms with E-state index in [-0.39, 0.29) is 6.03 Å². The number of benzene rings is 1. The van der Waals surface area contributed by atoms with Gasteiger partial charge in [-0.25, -0.2) is 19.2 Å². The molecule has 6 rings (SSSR count). The Kier molecular flexibility index (Phi) is 6.30. The number of fused-ring (bicyclic) bond motifs is 1. The van der Waals surface area contributed by atoms with Crippen molar-refractivity contribution in [3.63, 3.8) is 0 Å². The Bertz CT molecular complexity index is 1410. The van der Waals surface area contributed by atoms with E-state index in [0.29, 0.717) is 41.0 Å². The predicted molar refractivity (Wildman–Crippen MR) is 142 cm³/mol. The number of halogens is 1. The van der Waals surface area contributed by atoms with Gasteiger partial charge in [0, 0.05) is 35.6 Å². The number of carbonyl (C=O) groups is 1. The van der Waals surface area contributed by atoms with Gasteiger partial charge in [-0.15, -0.1) is 0 Å². The quantitative estimate of drug-likeness (QED) is 0.370. The molecule has 3 aromatic heterocycles. The fraction of sp³-hybridized carbons (Fsp3) is 0.357. The Labute approximate surface area is 214 Å². The van der Waals surface area contributed by atoms with Crippen molar-refractivity contribution in [2.24, 2.45) is 5.92 Å². The molecule has 0 radical (unpaired) electrons. The molecule has 1 aromatic carbocycles. The summed E-state index contributed by atoms with van der Waals surface area (Å²) in [6.07, 6.45) is 11.1. The fourth-order valence-corrected chi connectivity index (χ4v) is 5.20. The maximum atomic E-state index is 15.5. The topological polar surface area (TPSA) is 90.0 Å². The number of rotatable bonds is 6. The number of aromatic amines is 1. The molecule has 4 aromatic rings. The van der Waals surface area contributed by atoms with Gasteiger partial charge in [0.05, 0.1) is 17.6 Å². The lowest BCUT2D eigenvalue weighted by Crippen LogP contribution is -2.42. The fourth-order valence-electron chi connectivity index (χ4n) is 5.20. The molecule has 9 heteroatoms. The molecule has 2 fully saturated rings. The lowest BCUT2D eigenvalue weighted by atomic mass is 9.96. The summed E-state index contributed by atoms with van der Waals surface area (Å²) in [6.45, 7) is 2.61. The zero-order valence-corrected chi connectivity index (χ0v) is 20.8. The monoisotopic (exact) mass is 499 g/mol. The third-order valence-electron chi connectivity index (χ3n) is 7.47. The molecule has 0 atom stereocenters. The minimum Gasteiger partial charge on any atom is -0.346 e. The van der Waals surface area contributed by atoms with Gasteiger partial charge in [0.25, 0.3) is 0 Å². The number of nitrogens with zero attached hydrogens (tertiary/aromatic N) is 5. The molecular formula is C28H30FN7O. The number of hydrogen-bond acceptors (Lipinski definition) is 5. The number of pyridine rings is 1. The van der Waals surface area contributed by atoms with Crippen LogP contribution in [0, 0.1) is 11.7 Å². The first-order valence-electron chi connectivity index (χ1n) is 12.9. The van der Waals surface area contributed by atoms with Crippen molar-refractivity contribution in [3.05, 3.63) is 66.6 Å². The van der Waals surface area contributed by atoms with Gasteiger partial charge < -0.3 is 15.2 Å². The minimum atomic E-state index is -0.441.